The van der Waals surface area contributed by atoms with Crippen molar-refractivity contribution >= 4 is 28.0 Å². The van der Waals surface area contributed by atoms with Gasteiger partial charge >= 0.3 is 0 Å². The molecule has 3 rings (SSSR count). The number of hydrogen-bond donors (Lipinski definition) is 0. The molecule has 1 saturated heterocycles. The number of anilines is 1. The van der Waals surface area contributed by atoms with Crippen molar-refractivity contribution in [2.45, 2.75) is 58.5 Å². The smallest absolute Gasteiger partial charge is 0.205 e. The molecular weight excluding hydrogens is 340 g/mol. The minimum Gasteiger partial charge on any atom is -0.367 e. The van der Waals surface area contributed by atoms with Crippen LogP contribution in [0, 0.1) is 0 Å². The Labute approximate surface area is 152 Å². The van der Waals surface area contributed by atoms with Gasteiger partial charge < -0.3 is 9.64 Å². The van der Waals surface area contributed by atoms with E-state index in [9.17, 15) is 0 Å². The van der Waals surface area contributed by atoms with Crippen LogP contribution in [0.15, 0.2) is 5.38 Å². The van der Waals surface area contributed by atoms with Crippen LogP contribution in [0.4, 0.5) is 5.13 Å². The second-order valence-electron chi connectivity index (χ2n) is 8.28. The van der Waals surface area contributed by atoms with E-state index >= 15 is 0 Å². The van der Waals surface area contributed by atoms with Crippen LogP contribution in [0.25, 0.3) is 0 Å². The van der Waals surface area contributed by atoms with Gasteiger partial charge in [0.25, 0.3) is 0 Å². The molecular formula is C17H26N4OS2. The summed E-state index contributed by atoms with van der Waals surface area (Å²) in [4.78, 5) is 11.8. The summed E-state index contributed by atoms with van der Waals surface area (Å²) in [6.45, 7) is 15.3. The largest absolute Gasteiger partial charge is 0.367 e. The second-order valence-corrected chi connectivity index (χ2v) is 9.90. The minimum absolute atomic E-state index is 0.0156. The second kappa shape index (κ2) is 6.35. The van der Waals surface area contributed by atoms with Gasteiger partial charge in [-0.1, -0.05) is 41.5 Å². The summed E-state index contributed by atoms with van der Waals surface area (Å²) in [6.07, 6.45) is 0.0156. The lowest BCUT2D eigenvalue weighted by Crippen LogP contribution is -2.38. The van der Waals surface area contributed by atoms with Crippen molar-refractivity contribution in [1.82, 2.24) is 14.3 Å². The number of rotatable bonds is 2. The molecule has 1 unspecified atom stereocenters. The van der Waals surface area contributed by atoms with Crippen LogP contribution in [0.5, 0.6) is 0 Å². The van der Waals surface area contributed by atoms with Crippen LogP contribution >= 0.6 is 22.9 Å². The lowest BCUT2D eigenvalue weighted by molar-refractivity contribution is 0.0394. The summed E-state index contributed by atoms with van der Waals surface area (Å²) in [5.74, 6) is 0.912. The van der Waals surface area contributed by atoms with E-state index in [0.29, 0.717) is 6.61 Å². The van der Waals surface area contributed by atoms with E-state index in [1.165, 1.54) is 11.5 Å². The van der Waals surface area contributed by atoms with Gasteiger partial charge in [-0.3, -0.25) is 0 Å². The van der Waals surface area contributed by atoms with Crippen LogP contribution in [0.2, 0.25) is 0 Å². The minimum atomic E-state index is -0.0165. The maximum absolute atomic E-state index is 5.98. The van der Waals surface area contributed by atoms with Gasteiger partial charge in [-0.15, -0.1) is 11.3 Å². The molecule has 24 heavy (non-hydrogen) atoms. The average Bonchev–Trinajstić information content (AvgIpc) is 3.16. The van der Waals surface area contributed by atoms with Crippen molar-refractivity contribution in [3.63, 3.8) is 0 Å². The molecule has 0 N–H and O–H groups in total. The molecule has 2 aromatic heterocycles. The van der Waals surface area contributed by atoms with E-state index in [1.54, 1.807) is 11.3 Å². The number of morpholine rings is 1. The maximum atomic E-state index is 5.98. The van der Waals surface area contributed by atoms with Crippen molar-refractivity contribution in [1.29, 1.82) is 0 Å². The summed E-state index contributed by atoms with van der Waals surface area (Å²) in [7, 11) is 0. The van der Waals surface area contributed by atoms with Gasteiger partial charge in [0.2, 0.25) is 5.13 Å². The zero-order valence-corrected chi connectivity index (χ0v) is 16.9. The van der Waals surface area contributed by atoms with Gasteiger partial charge in [-0.2, -0.15) is 4.37 Å². The maximum Gasteiger partial charge on any atom is 0.205 e. The number of ether oxygens (including phenoxy) is 1. The van der Waals surface area contributed by atoms with E-state index < -0.39 is 0 Å². The first-order chi connectivity index (χ1) is 11.1. The van der Waals surface area contributed by atoms with Crippen molar-refractivity contribution in [3.8, 4) is 0 Å². The Bertz CT molecular complexity index is 638. The molecule has 1 aliphatic rings. The molecule has 1 aliphatic heterocycles. The highest BCUT2D eigenvalue weighted by Crippen LogP contribution is 2.32. The Morgan fingerprint density at radius 1 is 1.12 bits per heavy atom. The number of thiazole rings is 1. The van der Waals surface area contributed by atoms with E-state index in [0.717, 1.165) is 34.7 Å². The molecule has 7 heteroatoms. The first-order valence-electron chi connectivity index (χ1n) is 8.31. The van der Waals surface area contributed by atoms with Gasteiger partial charge in [-0.25, -0.2) is 9.97 Å². The monoisotopic (exact) mass is 366 g/mol. The summed E-state index contributed by atoms with van der Waals surface area (Å²) in [6, 6.07) is 0. The number of aromatic nitrogens is 3. The molecule has 3 heterocycles. The van der Waals surface area contributed by atoms with Crippen molar-refractivity contribution in [3.05, 3.63) is 21.9 Å². The summed E-state index contributed by atoms with van der Waals surface area (Å²) >= 11 is 3.18. The molecule has 5 nitrogen and oxygen atoms in total. The highest BCUT2D eigenvalue weighted by Gasteiger charge is 2.29. The quantitative estimate of drug-likeness (QED) is 0.798. The summed E-state index contributed by atoms with van der Waals surface area (Å²) in [5, 5.41) is 4.20. The Morgan fingerprint density at radius 3 is 2.46 bits per heavy atom. The molecule has 1 fully saturated rings. The molecule has 1 atom stereocenters. The lowest BCUT2D eigenvalue weighted by Gasteiger charge is -2.31. The third kappa shape index (κ3) is 3.78. The Balaban J connectivity index is 1.75. The van der Waals surface area contributed by atoms with Crippen LogP contribution < -0.4 is 4.90 Å². The van der Waals surface area contributed by atoms with E-state index in [-0.39, 0.29) is 16.9 Å². The van der Waals surface area contributed by atoms with E-state index in [1.807, 2.05) is 0 Å². The van der Waals surface area contributed by atoms with Gasteiger partial charge in [0.1, 0.15) is 16.9 Å². The fraction of sp³-hybridized carbons (Fsp3) is 0.706. The normalized spacial score (nSPS) is 19.8. The Morgan fingerprint density at radius 2 is 1.88 bits per heavy atom. The predicted molar refractivity (Wildman–Crippen MR) is 100 cm³/mol. The zero-order chi connectivity index (χ0) is 17.5. The lowest BCUT2D eigenvalue weighted by atomic mass is 9.93. The SMILES string of the molecule is CC(C)(C)c1csc(C2CN(c3nc(C(C)(C)C)ns3)CCO2)n1. The molecule has 0 amide bonds. The molecule has 0 aliphatic carbocycles. The predicted octanol–water partition coefficient (Wildman–Crippen LogP) is 4.17. The Kier molecular flexibility index (Phi) is 4.70. The number of nitrogens with zero attached hydrogens (tertiary/aromatic N) is 4. The molecule has 2 aromatic rings. The highest BCUT2D eigenvalue weighted by atomic mass is 32.1. The molecule has 0 spiro atoms. The van der Waals surface area contributed by atoms with Crippen molar-refractivity contribution in [2.24, 2.45) is 0 Å². The van der Waals surface area contributed by atoms with E-state index in [2.05, 4.69) is 56.2 Å². The fourth-order valence-electron chi connectivity index (χ4n) is 2.40. The van der Waals surface area contributed by atoms with Crippen LogP contribution in [0.1, 0.15) is 64.2 Å². The number of hydrogen-bond acceptors (Lipinski definition) is 7. The van der Waals surface area contributed by atoms with Crippen molar-refractivity contribution < 1.29 is 4.74 Å². The molecule has 0 radical (unpaired) electrons. The molecule has 0 aromatic carbocycles. The third-order valence-corrected chi connectivity index (χ3v) is 5.70. The van der Waals surface area contributed by atoms with Crippen LogP contribution in [-0.4, -0.2) is 34.0 Å². The highest BCUT2D eigenvalue weighted by molar-refractivity contribution is 7.10. The third-order valence-electron chi connectivity index (χ3n) is 3.99. The topological polar surface area (TPSA) is 51.1 Å². The molecule has 0 saturated carbocycles. The van der Waals surface area contributed by atoms with Crippen LogP contribution in [-0.2, 0) is 15.6 Å². The van der Waals surface area contributed by atoms with Crippen molar-refractivity contribution in [2.75, 3.05) is 24.6 Å². The van der Waals surface area contributed by atoms with Gasteiger partial charge in [0.05, 0.1) is 18.8 Å². The summed E-state index contributed by atoms with van der Waals surface area (Å²) < 4.78 is 10.5. The van der Waals surface area contributed by atoms with E-state index in [4.69, 9.17) is 14.7 Å². The molecule has 132 valence electrons. The molecule has 0 bridgehead atoms. The van der Waals surface area contributed by atoms with Gasteiger partial charge in [0.15, 0.2) is 0 Å². The van der Waals surface area contributed by atoms with Crippen LogP contribution in [0.3, 0.4) is 0 Å². The first kappa shape index (κ1) is 17.8. The average molecular weight is 367 g/mol. The fourth-order valence-corrected chi connectivity index (χ4v) is 4.38. The summed E-state index contributed by atoms with van der Waals surface area (Å²) in [5.41, 5.74) is 1.19. The standard InChI is InChI=1S/C17H26N4OS2/c1-16(2,3)12-10-23-13(18-12)11-9-21(7-8-22-11)15-19-14(20-24-15)17(4,5)6/h10-11H,7-9H2,1-6H3. The first-order valence-corrected chi connectivity index (χ1v) is 9.96. The zero-order valence-electron chi connectivity index (χ0n) is 15.3. The Hall–Kier alpha value is -1.05. The van der Waals surface area contributed by atoms with Gasteiger partial charge in [0, 0.05) is 34.3 Å². The van der Waals surface area contributed by atoms with Gasteiger partial charge in [-0.05, 0) is 0 Å².